The van der Waals surface area contributed by atoms with E-state index in [0.717, 1.165) is 0 Å². The highest BCUT2D eigenvalue weighted by Crippen LogP contribution is 2.25. The van der Waals surface area contributed by atoms with Gasteiger partial charge in [-0.2, -0.15) is 5.11 Å². The average Bonchev–Trinajstić information content (AvgIpc) is 2.72. The number of rotatable bonds is 4. The number of aliphatic hydroxyl groups excluding tert-OH is 3. The zero-order chi connectivity index (χ0) is 13.8. The smallest absolute Gasteiger partial charge is 0.363 e. The molecule has 0 amide bonds. The summed E-state index contributed by atoms with van der Waals surface area (Å²) in [6.07, 6.45) is -2.70. The molecule has 0 fully saturated rings. The van der Waals surface area contributed by atoms with Gasteiger partial charge >= 0.3 is 5.97 Å². The number of aliphatic hydroxyl groups is 3. The third-order valence-corrected chi connectivity index (χ3v) is 2.50. The second kappa shape index (κ2) is 5.59. The third-order valence-electron chi connectivity index (χ3n) is 2.50. The van der Waals surface area contributed by atoms with E-state index in [9.17, 15) is 15.0 Å². The topological polar surface area (TPSA) is 112 Å². The number of azo groups is 1. The molecule has 0 radical (unpaired) electrons. The number of hydrogen-bond donors (Lipinski definition) is 3. The van der Waals surface area contributed by atoms with Crippen LogP contribution < -0.4 is 0 Å². The quantitative estimate of drug-likeness (QED) is 0.550. The summed E-state index contributed by atoms with van der Waals surface area (Å²) >= 11 is 0. The summed E-state index contributed by atoms with van der Waals surface area (Å²) in [6.45, 7) is -0.648. The molecule has 1 aromatic rings. The Bertz CT molecular complexity index is 526. The van der Waals surface area contributed by atoms with Crippen molar-refractivity contribution in [2.75, 3.05) is 6.61 Å². The van der Waals surface area contributed by atoms with Gasteiger partial charge in [-0.15, -0.1) is 5.11 Å². The Morgan fingerprint density at radius 3 is 2.58 bits per heavy atom. The molecule has 0 unspecified atom stereocenters. The molecule has 2 rings (SSSR count). The molecule has 1 aliphatic rings. The largest absolute Gasteiger partial charge is 0.506 e. The SMILES string of the molecule is O=C1O[C@H]([C@H](O)CO)C(O)=C1N=Nc1ccccc1. The van der Waals surface area contributed by atoms with Crippen molar-refractivity contribution < 1.29 is 24.9 Å². The van der Waals surface area contributed by atoms with Crippen LogP contribution in [0, 0.1) is 0 Å². The van der Waals surface area contributed by atoms with Crippen LogP contribution in [0.25, 0.3) is 0 Å². The fraction of sp³-hybridized carbons (Fsp3) is 0.250. The first-order valence-electron chi connectivity index (χ1n) is 5.53. The third kappa shape index (κ3) is 2.78. The minimum absolute atomic E-state index is 0.374. The van der Waals surface area contributed by atoms with E-state index in [4.69, 9.17) is 9.84 Å². The minimum Gasteiger partial charge on any atom is -0.506 e. The first kappa shape index (κ1) is 13.2. The zero-order valence-corrected chi connectivity index (χ0v) is 9.80. The van der Waals surface area contributed by atoms with E-state index < -0.39 is 30.5 Å². The van der Waals surface area contributed by atoms with Gasteiger partial charge in [0.2, 0.25) is 5.70 Å². The van der Waals surface area contributed by atoms with Crippen molar-refractivity contribution in [1.82, 2.24) is 0 Å². The number of ether oxygens (including phenoxy) is 1. The molecule has 7 nitrogen and oxygen atoms in total. The highest BCUT2D eigenvalue weighted by molar-refractivity contribution is 5.91. The van der Waals surface area contributed by atoms with Crippen molar-refractivity contribution in [1.29, 1.82) is 0 Å². The van der Waals surface area contributed by atoms with E-state index >= 15 is 0 Å². The minimum atomic E-state index is -1.40. The Labute approximate surface area is 108 Å². The molecular weight excluding hydrogens is 252 g/mol. The van der Waals surface area contributed by atoms with Crippen LogP contribution in [-0.4, -0.2) is 40.1 Å². The average molecular weight is 264 g/mol. The van der Waals surface area contributed by atoms with E-state index in [0.29, 0.717) is 5.69 Å². The van der Waals surface area contributed by atoms with Crippen molar-refractivity contribution >= 4 is 11.7 Å². The van der Waals surface area contributed by atoms with Crippen LogP contribution in [0.15, 0.2) is 52.0 Å². The van der Waals surface area contributed by atoms with E-state index in [1.165, 1.54) is 0 Å². The van der Waals surface area contributed by atoms with Crippen LogP contribution in [0.3, 0.4) is 0 Å². The first-order chi connectivity index (χ1) is 9.13. The Morgan fingerprint density at radius 2 is 1.95 bits per heavy atom. The normalized spacial score (nSPS) is 20.9. The van der Waals surface area contributed by atoms with Crippen molar-refractivity contribution in [3.63, 3.8) is 0 Å². The molecule has 1 aromatic carbocycles. The molecular formula is C12H12N2O5. The summed E-state index contributed by atoms with van der Waals surface area (Å²) in [5.41, 5.74) is 0.128. The highest BCUT2D eigenvalue weighted by Gasteiger charge is 2.39. The van der Waals surface area contributed by atoms with Crippen molar-refractivity contribution in [2.45, 2.75) is 12.2 Å². The molecule has 0 saturated carbocycles. The molecule has 1 aliphatic heterocycles. The predicted octanol–water partition coefficient (Wildman–Crippen LogP) is 0.819. The Morgan fingerprint density at radius 1 is 1.26 bits per heavy atom. The van der Waals surface area contributed by atoms with Gasteiger partial charge in [0.05, 0.1) is 12.3 Å². The summed E-state index contributed by atoms with van der Waals surface area (Å²) in [4.78, 5) is 11.5. The summed E-state index contributed by atoms with van der Waals surface area (Å²) < 4.78 is 4.70. The number of hydrogen-bond acceptors (Lipinski definition) is 7. The summed E-state index contributed by atoms with van der Waals surface area (Å²) in [5, 5.41) is 35.2. The number of benzene rings is 1. The maximum Gasteiger partial charge on any atom is 0.363 e. The zero-order valence-electron chi connectivity index (χ0n) is 9.80. The Kier molecular flexibility index (Phi) is 3.88. The van der Waals surface area contributed by atoms with Crippen LogP contribution in [0.2, 0.25) is 0 Å². The number of esters is 1. The van der Waals surface area contributed by atoms with E-state index in [1.807, 2.05) is 0 Å². The predicted molar refractivity (Wildman–Crippen MR) is 63.6 cm³/mol. The molecule has 2 atom stereocenters. The van der Waals surface area contributed by atoms with Gasteiger partial charge in [0.25, 0.3) is 0 Å². The molecule has 0 aromatic heterocycles. The summed E-state index contributed by atoms with van der Waals surface area (Å²) in [5.74, 6) is -1.43. The first-order valence-corrected chi connectivity index (χ1v) is 5.53. The van der Waals surface area contributed by atoms with Gasteiger partial charge in [-0.25, -0.2) is 4.79 Å². The van der Waals surface area contributed by atoms with Crippen molar-refractivity contribution in [3.05, 3.63) is 41.8 Å². The molecule has 19 heavy (non-hydrogen) atoms. The van der Waals surface area contributed by atoms with E-state index in [2.05, 4.69) is 10.2 Å². The molecule has 0 spiro atoms. The van der Waals surface area contributed by atoms with Gasteiger partial charge in [0.1, 0.15) is 6.10 Å². The lowest BCUT2D eigenvalue weighted by atomic mass is 10.2. The van der Waals surface area contributed by atoms with Crippen LogP contribution in [-0.2, 0) is 9.53 Å². The molecule has 100 valence electrons. The number of nitrogens with zero attached hydrogens (tertiary/aromatic N) is 2. The van der Waals surface area contributed by atoms with Gasteiger partial charge in [0, 0.05) is 0 Å². The van der Waals surface area contributed by atoms with Crippen molar-refractivity contribution in [3.8, 4) is 0 Å². The van der Waals surface area contributed by atoms with Gasteiger partial charge in [-0.05, 0) is 12.1 Å². The van der Waals surface area contributed by atoms with Crippen LogP contribution >= 0.6 is 0 Å². The Hall–Kier alpha value is -2.25. The molecule has 0 aliphatic carbocycles. The van der Waals surface area contributed by atoms with Gasteiger partial charge in [-0.1, -0.05) is 18.2 Å². The number of carbonyl (C=O) groups is 1. The monoisotopic (exact) mass is 264 g/mol. The highest BCUT2D eigenvalue weighted by atomic mass is 16.6. The van der Waals surface area contributed by atoms with Gasteiger partial charge in [0.15, 0.2) is 11.9 Å². The molecule has 1 heterocycles. The standard InChI is InChI=1S/C12H12N2O5/c15-6-8(16)11-10(17)9(12(18)19-11)14-13-7-4-2-1-3-5-7/h1-5,8,11,15-17H,6H2/t8-,11-/m1/s1. The van der Waals surface area contributed by atoms with Crippen LogP contribution in [0.1, 0.15) is 0 Å². The molecule has 3 N–H and O–H groups in total. The number of cyclic esters (lactones) is 1. The lowest BCUT2D eigenvalue weighted by Crippen LogP contribution is -2.31. The summed E-state index contributed by atoms with van der Waals surface area (Å²) in [7, 11) is 0. The maximum atomic E-state index is 11.5. The van der Waals surface area contributed by atoms with E-state index in [-0.39, 0.29) is 5.70 Å². The molecule has 7 heteroatoms. The van der Waals surface area contributed by atoms with Gasteiger partial charge < -0.3 is 20.1 Å². The van der Waals surface area contributed by atoms with Crippen molar-refractivity contribution in [2.24, 2.45) is 10.2 Å². The fourth-order valence-corrected chi connectivity index (χ4v) is 1.52. The van der Waals surface area contributed by atoms with Gasteiger partial charge in [-0.3, -0.25) is 0 Å². The van der Waals surface area contributed by atoms with Crippen LogP contribution in [0.5, 0.6) is 0 Å². The Balaban J connectivity index is 2.21. The second-order valence-corrected chi connectivity index (χ2v) is 3.85. The second-order valence-electron chi connectivity index (χ2n) is 3.85. The number of carbonyl (C=O) groups excluding carboxylic acids is 1. The lowest BCUT2D eigenvalue weighted by Gasteiger charge is -2.14. The molecule has 0 bridgehead atoms. The van der Waals surface area contributed by atoms with Crippen LogP contribution in [0.4, 0.5) is 5.69 Å². The lowest BCUT2D eigenvalue weighted by molar-refractivity contribution is -0.145. The van der Waals surface area contributed by atoms with E-state index in [1.54, 1.807) is 30.3 Å². The maximum absolute atomic E-state index is 11.5. The molecule has 0 saturated heterocycles. The fourth-order valence-electron chi connectivity index (χ4n) is 1.52. The summed E-state index contributed by atoms with van der Waals surface area (Å²) in [6, 6.07) is 8.62.